The van der Waals surface area contributed by atoms with Gasteiger partial charge >= 0.3 is 0 Å². The van der Waals surface area contributed by atoms with E-state index in [2.05, 4.69) is 10.2 Å². The molecular formula is C15H21N3O2. The van der Waals surface area contributed by atoms with Crippen molar-refractivity contribution in [3.05, 3.63) is 39.9 Å². The van der Waals surface area contributed by atoms with Crippen molar-refractivity contribution in [2.45, 2.75) is 25.3 Å². The van der Waals surface area contributed by atoms with E-state index in [-0.39, 0.29) is 16.7 Å². The summed E-state index contributed by atoms with van der Waals surface area (Å²) in [5.74, 6) is 0.759. The van der Waals surface area contributed by atoms with Crippen LogP contribution in [-0.4, -0.2) is 36.0 Å². The summed E-state index contributed by atoms with van der Waals surface area (Å²) in [6.45, 7) is 3.90. The molecule has 1 N–H and O–H groups in total. The molecule has 1 aliphatic heterocycles. The highest BCUT2D eigenvalue weighted by Crippen LogP contribution is 2.42. The van der Waals surface area contributed by atoms with Crippen LogP contribution < -0.4 is 5.32 Å². The Labute approximate surface area is 119 Å². The molecule has 5 nitrogen and oxygen atoms in total. The fraction of sp³-hybridized carbons (Fsp3) is 0.600. The first-order valence-corrected chi connectivity index (χ1v) is 7.44. The summed E-state index contributed by atoms with van der Waals surface area (Å²) in [6.07, 6.45) is 3.62. The third kappa shape index (κ3) is 2.99. The van der Waals surface area contributed by atoms with Crippen LogP contribution in [0.1, 0.15) is 30.9 Å². The number of nitro groups is 1. The van der Waals surface area contributed by atoms with Crippen molar-refractivity contribution in [3.8, 4) is 0 Å². The quantitative estimate of drug-likeness (QED) is 0.662. The smallest absolute Gasteiger partial charge is 0.274 e. The van der Waals surface area contributed by atoms with Gasteiger partial charge in [0.25, 0.3) is 5.69 Å². The SMILES string of the molecule is O=[N+]([O-])c1ccccc1[C@H](CC1CC1)N1CCNCC1. The van der Waals surface area contributed by atoms with E-state index in [1.807, 2.05) is 12.1 Å². The second kappa shape index (κ2) is 5.89. The molecule has 3 rings (SSSR count). The second-order valence-electron chi connectivity index (χ2n) is 5.80. The summed E-state index contributed by atoms with van der Waals surface area (Å²) in [5, 5.41) is 14.6. The Hall–Kier alpha value is -1.46. The van der Waals surface area contributed by atoms with Crippen LogP contribution in [0.15, 0.2) is 24.3 Å². The van der Waals surface area contributed by atoms with E-state index >= 15 is 0 Å². The van der Waals surface area contributed by atoms with Gasteiger partial charge in [-0.15, -0.1) is 0 Å². The Kier molecular flexibility index (Phi) is 3.98. The van der Waals surface area contributed by atoms with E-state index in [0.29, 0.717) is 0 Å². The number of hydrogen-bond acceptors (Lipinski definition) is 4. The maximum atomic E-state index is 11.3. The zero-order valence-electron chi connectivity index (χ0n) is 11.6. The molecule has 5 heteroatoms. The van der Waals surface area contributed by atoms with Crippen molar-refractivity contribution < 1.29 is 4.92 Å². The highest BCUT2D eigenvalue weighted by molar-refractivity contribution is 5.42. The average Bonchev–Trinajstić information content (AvgIpc) is 3.30. The normalized spacial score (nSPS) is 21.6. The molecule has 1 aliphatic carbocycles. The van der Waals surface area contributed by atoms with Crippen molar-refractivity contribution in [2.24, 2.45) is 5.92 Å². The first kappa shape index (κ1) is 13.5. The van der Waals surface area contributed by atoms with Gasteiger partial charge < -0.3 is 5.32 Å². The molecule has 1 saturated heterocycles. The van der Waals surface area contributed by atoms with Crippen LogP contribution in [0.5, 0.6) is 0 Å². The summed E-state index contributed by atoms with van der Waals surface area (Å²) < 4.78 is 0. The highest BCUT2D eigenvalue weighted by Gasteiger charge is 2.33. The van der Waals surface area contributed by atoms with Crippen molar-refractivity contribution in [1.82, 2.24) is 10.2 Å². The van der Waals surface area contributed by atoms with E-state index in [4.69, 9.17) is 0 Å². The predicted molar refractivity (Wildman–Crippen MR) is 77.6 cm³/mol. The Morgan fingerprint density at radius 2 is 2.00 bits per heavy atom. The number of piperazine rings is 1. The molecule has 1 saturated carbocycles. The number of nitro benzene ring substituents is 1. The fourth-order valence-corrected chi connectivity index (χ4v) is 3.07. The van der Waals surface area contributed by atoms with Crippen LogP contribution in [0.4, 0.5) is 5.69 Å². The minimum absolute atomic E-state index is 0.200. The lowest BCUT2D eigenvalue weighted by Crippen LogP contribution is -2.45. The first-order chi connectivity index (χ1) is 9.75. The molecule has 2 aliphatic rings. The number of rotatable bonds is 5. The van der Waals surface area contributed by atoms with Gasteiger partial charge in [0.15, 0.2) is 0 Å². The molecule has 0 radical (unpaired) electrons. The number of benzene rings is 1. The maximum absolute atomic E-state index is 11.3. The predicted octanol–water partition coefficient (Wildman–Crippen LogP) is 2.34. The van der Waals surface area contributed by atoms with Crippen molar-refractivity contribution in [2.75, 3.05) is 26.2 Å². The summed E-state index contributed by atoms with van der Waals surface area (Å²) in [7, 11) is 0. The van der Waals surface area contributed by atoms with E-state index in [9.17, 15) is 10.1 Å². The lowest BCUT2D eigenvalue weighted by Gasteiger charge is -2.35. The number of para-hydroxylation sites is 1. The molecule has 0 amide bonds. The Bertz CT molecular complexity index is 482. The molecule has 1 atom stereocenters. The van der Waals surface area contributed by atoms with E-state index in [0.717, 1.165) is 44.1 Å². The minimum Gasteiger partial charge on any atom is -0.314 e. The first-order valence-electron chi connectivity index (χ1n) is 7.44. The summed E-state index contributed by atoms with van der Waals surface area (Å²) >= 11 is 0. The van der Waals surface area contributed by atoms with Gasteiger partial charge in [0, 0.05) is 43.9 Å². The van der Waals surface area contributed by atoms with Crippen LogP contribution >= 0.6 is 0 Å². The topological polar surface area (TPSA) is 58.4 Å². The van der Waals surface area contributed by atoms with E-state index in [1.54, 1.807) is 12.1 Å². The van der Waals surface area contributed by atoms with Crippen LogP contribution in [0.2, 0.25) is 0 Å². The molecular weight excluding hydrogens is 254 g/mol. The summed E-state index contributed by atoms with van der Waals surface area (Å²) in [6, 6.07) is 7.45. The van der Waals surface area contributed by atoms with Crippen molar-refractivity contribution >= 4 is 5.69 Å². The Morgan fingerprint density at radius 1 is 1.30 bits per heavy atom. The maximum Gasteiger partial charge on any atom is 0.274 e. The molecule has 1 aromatic rings. The molecule has 108 valence electrons. The average molecular weight is 275 g/mol. The lowest BCUT2D eigenvalue weighted by molar-refractivity contribution is -0.386. The minimum atomic E-state index is -0.239. The fourth-order valence-electron chi connectivity index (χ4n) is 3.07. The van der Waals surface area contributed by atoms with Gasteiger partial charge in [-0.2, -0.15) is 0 Å². The molecule has 0 aromatic heterocycles. The second-order valence-corrected chi connectivity index (χ2v) is 5.80. The number of hydrogen-bond donors (Lipinski definition) is 1. The van der Waals surface area contributed by atoms with Gasteiger partial charge in [-0.05, 0) is 12.3 Å². The zero-order valence-corrected chi connectivity index (χ0v) is 11.6. The highest BCUT2D eigenvalue weighted by atomic mass is 16.6. The molecule has 0 spiro atoms. The van der Waals surface area contributed by atoms with Gasteiger partial charge in [0.2, 0.25) is 0 Å². The third-order valence-electron chi connectivity index (χ3n) is 4.34. The largest absolute Gasteiger partial charge is 0.314 e. The van der Waals surface area contributed by atoms with Gasteiger partial charge in [0.1, 0.15) is 0 Å². The Morgan fingerprint density at radius 3 is 2.65 bits per heavy atom. The van der Waals surface area contributed by atoms with Gasteiger partial charge in [0.05, 0.1) is 4.92 Å². The van der Waals surface area contributed by atoms with Crippen molar-refractivity contribution in [1.29, 1.82) is 0 Å². The van der Waals surface area contributed by atoms with Crippen LogP contribution in [-0.2, 0) is 0 Å². The molecule has 0 unspecified atom stereocenters. The summed E-state index contributed by atoms with van der Waals surface area (Å²) in [4.78, 5) is 13.5. The summed E-state index contributed by atoms with van der Waals surface area (Å²) in [5.41, 5.74) is 1.17. The third-order valence-corrected chi connectivity index (χ3v) is 4.34. The molecule has 1 aromatic carbocycles. The van der Waals surface area contributed by atoms with Gasteiger partial charge in [-0.1, -0.05) is 31.0 Å². The van der Waals surface area contributed by atoms with Crippen LogP contribution in [0.3, 0.4) is 0 Å². The van der Waals surface area contributed by atoms with E-state index in [1.165, 1.54) is 12.8 Å². The monoisotopic (exact) mass is 275 g/mol. The molecule has 2 fully saturated rings. The van der Waals surface area contributed by atoms with Gasteiger partial charge in [-0.25, -0.2) is 0 Å². The van der Waals surface area contributed by atoms with Gasteiger partial charge in [-0.3, -0.25) is 15.0 Å². The zero-order chi connectivity index (χ0) is 13.9. The number of nitrogens with one attached hydrogen (secondary N) is 1. The Balaban J connectivity index is 1.89. The van der Waals surface area contributed by atoms with Crippen LogP contribution in [0, 0.1) is 16.0 Å². The molecule has 20 heavy (non-hydrogen) atoms. The standard InChI is InChI=1S/C15H21N3O2/c19-18(20)14-4-2-1-3-13(14)15(11-12-5-6-12)17-9-7-16-8-10-17/h1-4,12,15-16H,5-11H2/t15-/m0/s1. The van der Waals surface area contributed by atoms with Crippen molar-refractivity contribution in [3.63, 3.8) is 0 Å². The lowest BCUT2D eigenvalue weighted by atomic mass is 9.97. The molecule has 0 bridgehead atoms. The van der Waals surface area contributed by atoms with Crippen LogP contribution in [0.25, 0.3) is 0 Å². The number of nitrogens with zero attached hydrogens (tertiary/aromatic N) is 2. The van der Waals surface area contributed by atoms with E-state index < -0.39 is 0 Å². The molecule has 1 heterocycles.